The zero-order valence-corrected chi connectivity index (χ0v) is 15.8. The number of para-hydroxylation sites is 1. The predicted molar refractivity (Wildman–Crippen MR) is 99.3 cm³/mol. The standard InChI is InChI=1S/C20H29NO4/c1-6-24-19(22)17(20(23)25-7-2)13-21-18-11-9-8-10-16(18)15(5)12-14(3)4/h8-11,13-15,21H,6-7,12H2,1-5H3. The zero-order valence-electron chi connectivity index (χ0n) is 15.8. The minimum Gasteiger partial charge on any atom is -0.462 e. The number of carbonyl (C=O) groups excluding carboxylic acids is 2. The molecule has 0 bridgehead atoms. The molecule has 0 aliphatic carbocycles. The van der Waals surface area contributed by atoms with Gasteiger partial charge in [-0.15, -0.1) is 0 Å². The smallest absolute Gasteiger partial charge is 0.347 e. The molecule has 0 heterocycles. The van der Waals surface area contributed by atoms with E-state index in [1.54, 1.807) is 13.8 Å². The first kappa shape index (κ1) is 20.7. The molecule has 1 aromatic rings. The van der Waals surface area contributed by atoms with Gasteiger partial charge in [0, 0.05) is 11.9 Å². The molecule has 0 aromatic heterocycles. The van der Waals surface area contributed by atoms with Gasteiger partial charge in [-0.3, -0.25) is 0 Å². The Labute approximate surface area is 150 Å². The molecule has 25 heavy (non-hydrogen) atoms. The molecule has 1 unspecified atom stereocenters. The Morgan fingerprint density at radius 1 is 1.04 bits per heavy atom. The summed E-state index contributed by atoms with van der Waals surface area (Å²) in [5, 5.41) is 3.08. The molecule has 1 atom stereocenters. The fraction of sp³-hybridized carbons (Fsp3) is 0.500. The summed E-state index contributed by atoms with van der Waals surface area (Å²) in [7, 11) is 0. The highest BCUT2D eigenvalue weighted by molar-refractivity contribution is 6.14. The summed E-state index contributed by atoms with van der Waals surface area (Å²) in [6.45, 7) is 10.3. The van der Waals surface area contributed by atoms with Crippen LogP contribution in [0.15, 0.2) is 36.0 Å². The second-order valence-corrected chi connectivity index (χ2v) is 6.26. The molecule has 5 heteroatoms. The molecule has 138 valence electrons. The van der Waals surface area contributed by atoms with Gasteiger partial charge in [-0.1, -0.05) is 39.0 Å². The lowest BCUT2D eigenvalue weighted by Gasteiger charge is -2.18. The zero-order chi connectivity index (χ0) is 18.8. The van der Waals surface area contributed by atoms with Crippen LogP contribution in [0.5, 0.6) is 0 Å². The highest BCUT2D eigenvalue weighted by Gasteiger charge is 2.21. The summed E-state index contributed by atoms with van der Waals surface area (Å²) in [5.41, 5.74) is 1.86. The second kappa shape index (κ2) is 10.5. The van der Waals surface area contributed by atoms with Crippen molar-refractivity contribution >= 4 is 17.6 Å². The minimum atomic E-state index is -0.693. The Hall–Kier alpha value is -2.30. The van der Waals surface area contributed by atoms with Gasteiger partial charge in [-0.2, -0.15) is 0 Å². The second-order valence-electron chi connectivity index (χ2n) is 6.26. The van der Waals surface area contributed by atoms with Crippen molar-refractivity contribution in [1.82, 2.24) is 0 Å². The number of esters is 2. The number of ether oxygens (including phenoxy) is 2. The van der Waals surface area contributed by atoms with E-state index in [4.69, 9.17) is 9.47 Å². The van der Waals surface area contributed by atoms with Crippen molar-refractivity contribution in [2.24, 2.45) is 5.92 Å². The topological polar surface area (TPSA) is 64.6 Å². The van der Waals surface area contributed by atoms with Gasteiger partial charge in [0.15, 0.2) is 5.57 Å². The first-order valence-electron chi connectivity index (χ1n) is 8.80. The number of hydrogen-bond donors (Lipinski definition) is 1. The minimum absolute atomic E-state index is 0.144. The average molecular weight is 347 g/mol. The van der Waals surface area contributed by atoms with Crippen molar-refractivity contribution in [3.8, 4) is 0 Å². The Morgan fingerprint density at radius 2 is 1.60 bits per heavy atom. The molecule has 0 radical (unpaired) electrons. The van der Waals surface area contributed by atoms with Crippen molar-refractivity contribution in [3.05, 3.63) is 41.6 Å². The van der Waals surface area contributed by atoms with E-state index in [0.717, 1.165) is 17.7 Å². The summed E-state index contributed by atoms with van der Waals surface area (Å²) in [5.74, 6) is -0.457. The van der Waals surface area contributed by atoms with E-state index < -0.39 is 11.9 Å². The van der Waals surface area contributed by atoms with Crippen LogP contribution in [0, 0.1) is 5.92 Å². The van der Waals surface area contributed by atoms with Gasteiger partial charge in [0.05, 0.1) is 13.2 Å². The van der Waals surface area contributed by atoms with Gasteiger partial charge in [0.25, 0.3) is 0 Å². The maximum Gasteiger partial charge on any atom is 0.347 e. The van der Waals surface area contributed by atoms with E-state index >= 15 is 0 Å². The van der Waals surface area contributed by atoms with Crippen LogP contribution in [0.25, 0.3) is 0 Å². The van der Waals surface area contributed by atoms with Crippen LogP contribution in [-0.2, 0) is 19.1 Å². The molecule has 0 fully saturated rings. The molecular weight excluding hydrogens is 318 g/mol. The molecule has 5 nitrogen and oxygen atoms in total. The monoisotopic (exact) mass is 347 g/mol. The summed E-state index contributed by atoms with van der Waals surface area (Å²) in [6.07, 6.45) is 2.42. The summed E-state index contributed by atoms with van der Waals surface area (Å²) >= 11 is 0. The van der Waals surface area contributed by atoms with Crippen molar-refractivity contribution < 1.29 is 19.1 Å². The molecule has 1 aromatic carbocycles. The Bertz CT molecular complexity index is 587. The Kier molecular flexibility index (Phi) is 8.75. The predicted octanol–water partition coefficient (Wildman–Crippen LogP) is 4.26. The number of hydrogen-bond acceptors (Lipinski definition) is 5. The van der Waals surface area contributed by atoms with Crippen LogP contribution < -0.4 is 5.32 Å². The van der Waals surface area contributed by atoms with E-state index in [9.17, 15) is 9.59 Å². The third kappa shape index (κ3) is 6.61. The van der Waals surface area contributed by atoms with E-state index in [1.807, 2.05) is 18.2 Å². The molecule has 0 amide bonds. The fourth-order valence-corrected chi connectivity index (χ4v) is 2.66. The van der Waals surface area contributed by atoms with Gasteiger partial charge < -0.3 is 14.8 Å². The molecule has 0 saturated heterocycles. The van der Waals surface area contributed by atoms with Crippen molar-refractivity contribution in [2.45, 2.75) is 47.0 Å². The molecule has 1 N–H and O–H groups in total. The number of anilines is 1. The van der Waals surface area contributed by atoms with E-state index in [2.05, 4.69) is 32.2 Å². The molecular formula is C20H29NO4. The van der Waals surface area contributed by atoms with Crippen molar-refractivity contribution in [2.75, 3.05) is 18.5 Å². The maximum atomic E-state index is 12.0. The maximum absolute atomic E-state index is 12.0. The number of carbonyl (C=O) groups is 2. The van der Waals surface area contributed by atoms with Gasteiger partial charge in [-0.05, 0) is 43.7 Å². The highest BCUT2D eigenvalue weighted by atomic mass is 16.6. The van der Waals surface area contributed by atoms with Crippen LogP contribution in [0.2, 0.25) is 0 Å². The summed E-state index contributed by atoms with van der Waals surface area (Å²) < 4.78 is 9.88. The average Bonchev–Trinajstić information content (AvgIpc) is 2.55. The molecule has 0 aliphatic rings. The van der Waals surface area contributed by atoms with Crippen molar-refractivity contribution in [3.63, 3.8) is 0 Å². The van der Waals surface area contributed by atoms with Gasteiger partial charge in [-0.25, -0.2) is 9.59 Å². The molecule has 0 saturated carbocycles. The lowest BCUT2D eigenvalue weighted by Crippen LogP contribution is -2.19. The lowest BCUT2D eigenvalue weighted by molar-refractivity contribution is -0.146. The Balaban J connectivity index is 3.06. The Morgan fingerprint density at radius 3 is 2.12 bits per heavy atom. The van der Waals surface area contributed by atoms with Crippen LogP contribution in [-0.4, -0.2) is 25.2 Å². The van der Waals surface area contributed by atoms with Crippen LogP contribution in [0.4, 0.5) is 5.69 Å². The normalized spacial score (nSPS) is 11.6. The summed E-state index contributed by atoms with van der Waals surface area (Å²) in [4.78, 5) is 24.0. The number of benzene rings is 1. The van der Waals surface area contributed by atoms with E-state index in [1.165, 1.54) is 6.20 Å². The SMILES string of the molecule is CCOC(=O)C(=CNc1ccccc1C(C)CC(C)C)C(=O)OCC. The largest absolute Gasteiger partial charge is 0.462 e. The van der Waals surface area contributed by atoms with Gasteiger partial charge in [0.1, 0.15) is 0 Å². The quantitative estimate of drug-likeness (QED) is 0.313. The molecule has 0 spiro atoms. The first-order chi connectivity index (χ1) is 11.9. The van der Waals surface area contributed by atoms with Gasteiger partial charge >= 0.3 is 11.9 Å². The van der Waals surface area contributed by atoms with Crippen LogP contribution in [0.3, 0.4) is 0 Å². The van der Waals surface area contributed by atoms with E-state index in [0.29, 0.717) is 11.8 Å². The van der Waals surface area contributed by atoms with E-state index in [-0.39, 0.29) is 18.8 Å². The molecule has 1 rings (SSSR count). The third-order valence-electron chi connectivity index (χ3n) is 3.68. The molecule has 0 aliphatic heterocycles. The van der Waals surface area contributed by atoms with Gasteiger partial charge in [0.2, 0.25) is 0 Å². The van der Waals surface area contributed by atoms with Crippen LogP contribution in [0.1, 0.15) is 52.5 Å². The van der Waals surface area contributed by atoms with Crippen LogP contribution >= 0.6 is 0 Å². The highest BCUT2D eigenvalue weighted by Crippen LogP contribution is 2.29. The number of rotatable bonds is 9. The first-order valence-corrected chi connectivity index (χ1v) is 8.80. The summed E-state index contributed by atoms with van der Waals surface area (Å²) in [6, 6.07) is 7.88. The number of nitrogens with one attached hydrogen (secondary N) is 1. The third-order valence-corrected chi connectivity index (χ3v) is 3.68. The lowest BCUT2D eigenvalue weighted by atomic mass is 9.91. The van der Waals surface area contributed by atoms with Crippen molar-refractivity contribution in [1.29, 1.82) is 0 Å². The fourth-order valence-electron chi connectivity index (χ4n) is 2.66.